The molecular weight excluding hydrogens is 250 g/mol. The van der Waals surface area contributed by atoms with E-state index in [1.165, 1.54) is 7.11 Å². The summed E-state index contributed by atoms with van der Waals surface area (Å²) in [6.07, 6.45) is -0.578. The number of fused-ring (bicyclic) bond motifs is 1. The van der Waals surface area contributed by atoms with Gasteiger partial charge in [0.2, 0.25) is 0 Å². The van der Waals surface area contributed by atoms with Gasteiger partial charge in [-0.25, -0.2) is 0 Å². The normalized spacial score (nSPS) is 12.3. The van der Waals surface area contributed by atoms with Gasteiger partial charge in [-0.3, -0.25) is 14.4 Å². The number of methoxy groups -OCH3 is 1. The molecule has 100 valence electrons. The highest BCUT2D eigenvalue weighted by Crippen LogP contribution is 2.14. The first kappa shape index (κ1) is 13.0. The quantitative estimate of drug-likeness (QED) is 0.687. The number of carbonyl (C=O) groups excluding carboxylic acids is 1. The van der Waals surface area contributed by atoms with E-state index in [9.17, 15) is 14.4 Å². The Bertz CT molecular complexity index is 732. The molecule has 0 aliphatic carbocycles. The molecule has 1 atom stereocenters. The van der Waals surface area contributed by atoms with Crippen LogP contribution < -0.4 is 16.4 Å². The highest BCUT2D eigenvalue weighted by molar-refractivity contribution is 5.95. The SMILES string of the molecule is COC(C)C(=O)Nc1ccc2[nH]c(=O)c(=O)[nH]c2c1. The highest BCUT2D eigenvalue weighted by atomic mass is 16.5. The van der Waals surface area contributed by atoms with E-state index in [0.717, 1.165) is 0 Å². The lowest BCUT2D eigenvalue weighted by Crippen LogP contribution is -2.29. The molecule has 0 aliphatic heterocycles. The van der Waals surface area contributed by atoms with Crippen molar-refractivity contribution in [1.82, 2.24) is 9.97 Å². The zero-order valence-electron chi connectivity index (χ0n) is 10.4. The largest absolute Gasteiger partial charge is 0.372 e. The van der Waals surface area contributed by atoms with E-state index >= 15 is 0 Å². The molecule has 3 N–H and O–H groups in total. The Balaban J connectivity index is 2.37. The molecule has 0 aliphatic rings. The van der Waals surface area contributed by atoms with Crippen LogP contribution in [-0.4, -0.2) is 29.1 Å². The lowest BCUT2D eigenvalue weighted by atomic mass is 10.2. The first-order chi connectivity index (χ1) is 9.01. The molecule has 2 aromatic rings. The topological polar surface area (TPSA) is 104 Å². The Morgan fingerprint density at radius 1 is 1.21 bits per heavy atom. The number of nitrogens with one attached hydrogen (secondary N) is 3. The van der Waals surface area contributed by atoms with Crippen LogP contribution in [0.4, 0.5) is 5.69 Å². The van der Waals surface area contributed by atoms with Gasteiger partial charge in [0.05, 0.1) is 11.0 Å². The molecule has 19 heavy (non-hydrogen) atoms. The Hall–Kier alpha value is -2.41. The minimum atomic E-state index is -0.735. The summed E-state index contributed by atoms with van der Waals surface area (Å²) in [5.41, 5.74) is -0.0162. The van der Waals surface area contributed by atoms with Gasteiger partial charge in [0.25, 0.3) is 5.91 Å². The molecule has 7 nitrogen and oxygen atoms in total. The van der Waals surface area contributed by atoms with Gasteiger partial charge in [-0.15, -0.1) is 0 Å². The molecule has 1 aromatic carbocycles. The molecule has 1 amide bonds. The maximum Gasteiger partial charge on any atom is 0.314 e. The fourth-order valence-electron chi connectivity index (χ4n) is 1.54. The van der Waals surface area contributed by atoms with E-state index in [0.29, 0.717) is 16.7 Å². The van der Waals surface area contributed by atoms with Gasteiger partial charge in [-0.1, -0.05) is 0 Å². The molecule has 0 radical (unpaired) electrons. The van der Waals surface area contributed by atoms with Gasteiger partial charge >= 0.3 is 11.1 Å². The average Bonchev–Trinajstić information content (AvgIpc) is 2.39. The number of hydrogen-bond donors (Lipinski definition) is 3. The Kier molecular flexibility index (Phi) is 3.48. The second kappa shape index (κ2) is 5.07. The van der Waals surface area contributed by atoms with Crippen LogP contribution in [0.5, 0.6) is 0 Å². The number of benzene rings is 1. The lowest BCUT2D eigenvalue weighted by Gasteiger charge is -2.10. The Labute approximate surface area is 107 Å². The van der Waals surface area contributed by atoms with Crippen LogP contribution in [0.3, 0.4) is 0 Å². The number of amides is 1. The molecule has 0 fully saturated rings. The van der Waals surface area contributed by atoms with Gasteiger partial charge < -0.3 is 20.0 Å². The number of ether oxygens (including phenoxy) is 1. The van der Waals surface area contributed by atoms with E-state index in [2.05, 4.69) is 15.3 Å². The van der Waals surface area contributed by atoms with Gasteiger partial charge in [-0.05, 0) is 25.1 Å². The summed E-state index contributed by atoms with van der Waals surface area (Å²) in [5.74, 6) is -0.298. The molecule has 0 spiro atoms. The fourth-order valence-corrected chi connectivity index (χ4v) is 1.54. The predicted octanol–water partition coefficient (Wildman–Crippen LogP) is 0.190. The Morgan fingerprint density at radius 2 is 1.84 bits per heavy atom. The number of hydrogen-bond acceptors (Lipinski definition) is 4. The van der Waals surface area contributed by atoms with Crippen LogP contribution in [0.1, 0.15) is 6.92 Å². The third-order valence-electron chi connectivity index (χ3n) is 2.71. The first-order valence-corrected chi connectivity index (χ1v) is 5.61. The fraction of sp³-hybridized carbons (Fsp3) is 0.250. The first-order valence-electron chi connectivity index (χ1n) is 5.61. The van der Waals surface area contributed by atoms with Crippen molar-refractivity contribution in [2.45, 2.75) is 13.0 Å². The summed E-state index contributed by atoms with van der Waals surface area (Å²) in [5, 5.41) is 2.64. The smallest absolute Gasteiger partial charge is 0.314 e. The van der Waals surface area contributed by atoms with Gasteiger partial charge in [0.1, 0.15) is 6.10 Å². The van der Waals surface area contributed by atoms with Crippen molar-refractivity contribution in [3.63, 3.8) is 0 Å². The van der Waals surface area contributed by atoms with Crippen LogP contribution in [0, 0.1) is 0 Å². The third kappa shape index (κ3) is 2.71. The minimum Gasteiger partial charge on any atom is -0.372 e. The number of rotatable bonds is 3. The van der Waals surface area contributed by atoms with Gasteiger partial charge in [0, 0.05) is 12.8 Å². The van der Waals surface area contributed by atoms with Gasteiger partial charge in [-0.2, -0.15) is 0 Å². The van der Waals surface area contributed by atoms with Crippen LogP contribution >= 0.6 is 0 Å². The van der Waals surface area contributed by atoms with Crippen LogP contribution in [-0.2, 0) is 9.53 Å². The van der Waals surface area contributed by atoms with Gasteiger partial charge in [0.15, 0.2) is 0 Å². The summed E-state index contributed by atoms with van der Waals surface area (Å²) in [7, 11) is 1.44. The maximum atomic E-state index is 11.6. The van der Waals surface area contributed by atoms with Crippen molar-refractivity contribution in [1.29, 1.82) is 0 Å². The van der Waals surface area contributed by atoms with Crippen molar-refractivity contribution in [2.75, 3.05) is 12.4 Å². The van der Waals surface area contributed by atoms with Crippen LogP contribution in [0.2, 0.25) is 0 Å². The molecule has 1 heterocycles. The molecule has 7 heteroatoms. The lowest BCUT2D eigenvalue weighted by molar-refractivity contribution is -0.124. The van der Waals surface area contributed by atoms with Crippen LogP contribution in [0.15, 0.2) is 27.8 Å². The van der Waals surface area contributed by atoms with Crippen LogP contribution in [0.25, 0.3) is 11.0 Å². The van der Waals surface area contributed by atoms with Crippen molar-refractivity contribution < 1.29 is 9.53 Å². The summed E-state index contributed by atoms with van der Waals surface area (Å²) >= 11 is 0. The van der Waals surface area contributed by atoms with Crippen molar-refractivity contribution >= 4 is 22.6 Å². The standard InChI is InChI=1S/C12H13N3O4/c1-6(19-2)10(16)13-7-3-4-8-9(5-7)15-12(18)11(17)14-8/h3-6H,1-2H3,(H,13,16)(H,14,17)(H,15,18). The Morgan fingerprint density at radius 3 is 2.47 bits per heavy atom. The second-order valence-electron chi connectivity index (χ2n) is 4.04. The number of H-pyrrole nitrogens is 2. The molecule has 2 rings (SSSR count). The number of aromatic amines is 2. The highest BCUT2D eigenvalue weighted by Gasteiger charge is 2.11. The van der Waals surface area contributed by atoms with E-state index < -0.39 is 17.2 Å². The van der Waals surface area contributed by atoms with Crippen molar-refractivity contribution in [2.24, 2.45) is 0 Å². The summed E-state index contributed by atoms with van der Waals surface area (Å²) in [6.45, 7) is 1.62. The summed E-state index contributed by atoms with van der Waals surface area (Å²) in [6, 6.07) is 4.78. The molecule has 1 unspecified atom stereocenters. The van der Waals surface area contributed by atoms with E-state index in [-0.39, 0.29) is 5.91 Å². The predicted molar refractivity (Wildman–Crippen MR) is 70.3 cm³/mol. The third-order valence-corrected chi connectivity index (χ3v) is 2.71. The molecule has 1 aromatic heterocycles. The number of carbonyl (C=O) groups is 1. The number of anilines is 1. The zero-order chi connectivity index (χ0) is 14.0. The van der Waals surface area contributed by atoms with E-state index in [1.807, 2.05) is 0 Å². The maximum absolute atomic E-state index is 11.6. The van der Waals surface area contributed by atoms with Crippen molar-refractivity contribution in [3.8, 4) is 0 Å². The average molecular weight is 263 g/mol. The van der Waals surface area contributed by atoms with Crippen molar-refractivity contribution in [3.05, 3.63) is 38.9 Å². The molecule has 0 saturated carbocycles. The molecule has 0 bridgehead atoms. The minimum absolute atomic E-state index is 0.298. The monoisotopic (exact) mass is 263 g/mol. The zero-order valence-corrected chi connectivity index (χ0v) is 10.4. The molecule has 0 saturated heterocycles. The summed E-state index contributed by atoms with van der Waals surface area (Å²) < 4.78 is 4.89. The number of aromatic nitrogens is 2. The van der Waals surface area contributed by atoms with E-state index in [4.69, 9.17) is 4.74 Å². The van der Waals surface area contributed by atoms with E-state index in [1.54, 1.807) is 25.1 Å². The summed E-state index contributed by atoms with van der Waals surface area (Å²) in [4.78, 5) is 38.9. The second-order valence-corrected chi connectivity index (χ2v) is 4.04. The molecular formula is C12H13N3O4.